The van der Waals surface area contributed by atoms with Crippen LogP contribution in [0.15, 0.2) is 12.1 Å². The molecule has 0 fully saturated rings. The molecule has 0 radical (unpaired) electrons. The van der Waals surface area contributed by atoms with Crippen LogP contribution in [0, 0.1) is 15.9 Å². The van der Waals surface area contributed by atoms with Crippen molar-refractivity contribution in [3.8, 4) is 0 Å². The van der Waals surface area contributed by atoms with Crippen LogP contribution in [0.25, 0.3) is 0 Å². The molecular formula is C10H13ClFN3O2. The van der Waals surface area contributed by atoms with Crippen LogP contribution in [0.2, 0.25) is 5.02 Å². The number of nitrogens with one attached hydrogen (secondary N) is 1. The number of hydrogen-bond acceptors (Lipinski definition) is 4. The van der Waals surface area contributed by atoms with Crippen molar-refractivity contribution >= 4 is 23.0 Å². The van der Waals surface area contributed by atoms with E-state index >= 15 is 0 Å². The van der Waals surface area contributed by atoms with Gasteiger partial charge in [0.05, 0.1) is 16.0 Å². The molecule has 17 heavy (non-hydrogen) atoms. The van der Waals surface area contributed by atoms with Crippen LogP contribution in [0.4, 0.5) is 15.8 Å². The predicted molar refractivity (Wildman–Crippen MR) is 64.8 cm³/mol. The van der Waals surface area contributed by atoms with E-state index in [1.165, 1.54) is 6.07 Å². The fraction of sp³-hybridized carbons (Fsp3) is 0.400. The SMILES string of the molecule is NCCCCNc1cc(Cl)c(F)cc1[N+](=O)[O-]. The first kappa shape index (κ1) is 13.7. The average molecular weight is 262 g/mol. The molecule has 0 aliphatic rings. The number of nitro benzene ring substituents is 1. The highest BCUT2D eigenvalue weighted by atomic mass is 35.5. The molecule has 1 aromatic carbocycles. The normalized spacial score (nSPS) is 10.3. The van der Waals surface area contributed by atoms with E-state index in [0.29, 0.717) is 13.1 Å². The molecule has 0 spiro atoms. The van der Waals surface area contributed by atoms with Gasteiger partial charge in [-0.1, -0.05) is 11.6 Å². The van der Waals surface area contributed by atoms with E-state index < -0.39 is 10.7 Å². The fourth-order valence-electron chi connectivity index (χ4n) is 1.32. The molecule has 0 aliphatic carbocycles. The highest BCUT2D eigenvalue weighted by molar-refractivity contribution is 6.31. The molecule has 1 rings (SSSR count). The van der Waals surface area contributed by atoms with Crippen molar-refractivity contribution in [3.05, 3.63) is 33.1 Å². The summed E-state index contributed by atoms with van der Waals surface area (Å²) in [6.45, 7) is 1.09. The summed E-state index contributed by atoms with van der Waals surface area (Å²) >= 11 is 5.57. The molecule has 1 aromatic rings. The van der Waals surface area contributed by atoms with Crippen LogP contribution in [0.5, 0.6) is 0 Å². The minimum Gasteiger partial charge on any atom is -0.379 e. The zero-order valence-corrected chi connectivity index (χ0v) is 9.84. The first-order valence-corrected chi connectivity index (χ1v) is 5.51. The van der Waals surface area contributed by atoms with Gasteiger partial charge in [0, 0.05) is 6.54 Å². The largest absolute Gasteiger partial charge is 0.379 e. The Morgan fingerprint density at radius 2 is 2.18 bits per heavy atom. The number of hydrogen-bond donors (Lipinski definition) is 2. The Morgan fingerprint density at radius 1 is 1.47 bits per heavy atom. The van der Waals surface area contributed by atoms with Crippen molar-refractivity contribution < 1.29 is 9.31 Å². The van der Waals surface area contributed by atoms with E-state index in [2.05, 4.69) is 5.32 Å². The van der Waals surface area contributed by atoms with Gasteiger partial charge in [0.2, 0.25) is 0 Å². The molecule has 0 heterocycles. The second kappa shape index (κ2) is 6.36. The molecule has 5 nitrogen and oxygen atoms in total. The van der Waals surface area contributed by atoms with Gasteiger partial charge < -0.3 is 11.1 Å². The Balaban J connectivity index is 2.81. The fourth-order valence-corrected chi connectivity index (χ4v) is 1.49. The van der Waals surface area contributed by atoms with Crippen LogP contribution in [-0.2, 0) is 0 Å². The molecule has 0 saturated heterocycles. The molecule has 0 atom stereocenters. The topological polar surface area (TPSA) is 81.2 Å². The van der Waals surface area contributed by atoms with Crippen LogP contribution in [-0.4, -0.2) is 18.0 Å². The number of nitro groups is 1. The maximum atomic E-state index is 13.1. The van der Waals surface area contributed by atoms with Gasteiger partial charge in [-0.15, -0.1) is 0 Å². The highest BCUT2D eigenvalue weighted by Crippen LogP contribution is 2.30. The summed E-state index contributed by atoms with van der Waals surface area (Å²) in [6, 6.07) is 2.03. The molecule has 0 amide bonds. The van der Waals surface area contributed by atoms with Crippen LogP contribution in [0.3, 0.4) is 0 Å². The van der Waals surface area contributed by atoms with Gasteiger partial charge >= 0.3 is 0 Å². The van der Waals surface area contributed by atoms with E-state index in [-0.39, 0.29) is 16.4 Å². The number of rotatable bonds is 6. The van der Waals surface area contributed by atoms with E-state index in [0.717, 1.165) is 18.9 Å². The molecule has 0 saturated carbocycles. The lowest BCUT2D eigenvalue weighted by atomic mass is 10.2. The smallest absolute Gasteiger partial charge is 0.295 e. The van der Waals surface area contributed by atoms with Gasteiger partial charge in [0.25, 0.3) is 5.69 Å². The molecule has 0 bridgehead atoms. The number of benzene rings is 1. The Morgan fingerprint density at radius 3 is 2.76 bits per heavy atom. The first-order valence-electron chi connectivity index (χ1n) is 5.13. The van der Waals surface area contributed by atoms with Crippen molar-refractivity contribution in [3.63, 3.8) is 0 Å². The van der Waals surface area contributed by atoms with E-state index in [9.17, 15) is 14.5 Å². The Labute approximate surface area is 103 Å². The van der Waals surface area contributed by atoms with Crippen LogP contribution >= 0.6 is 11.6 Å². The third-order valence-corrected chi connectivity index (χ3v) is 2.47. The number of nitrogens with two attached hydrogens (primary N) is 1. The zero-order chi connectivity index (χ0) is 12.8. The van der Waals surface area contributed by atoms with Gasteiger partial charge in [-0.05, 0) is 25.5 Å². The molecule has 94 valence electrons. The minimum atomic E-state index is -0.800. The highest BCUT2D eigenvalue weighted by Gasteiger charge is 2.17. The third kappa shape index (κ3) is 3.83. The Bertz CT molecular complexity index is 415. The number of nitrogens with zero attached hydrogens (tertiary/aromatic N) is 1. The van der Waals surface area contributed by atoms with E-state index in [1.54, 1.807) is 0 Å². The second-order valence-electron chi connectivity index (χ2n) is 3.46. The van der Waals surface area contributed by atoms with Gasteiger partial charge in [-0.25, -0.2) is 4.39 Å². The summed E-state index contributed by atoms with van der Waals surface area (Å²) in [5.41, 5.74) is 5.22. The van der Waals surface area contributed by atoms with Crippen molar-refractivity contribution in [2.24, 2.45) is 5.73 Å². The average Bonchev–Trinajstić information content (AvgIpc) is 2.28. The van der Waals surface area contributed by atoms with Gasteiger partial charge in [-0.2, -0.15) is 0 Å². The summed E-state index contributed by atoms with van der Waals surface area (Å²) in [6.07, 6.45) is 1.60. The van der Waals surface area contributed by atoms with Gasteiger partial charge in [0.15, 0.2) is 0 Å². The summed E-state index contributed by atoms with van der Waals surface area (Å²) in [5.74, 6) is -0.800. The summed E-state index contributed by atoms with van der Waals surface area (Å²) < 4.78 is 13.1. The summed E-state index contributed by atoms with van der Waals surface area (Å²) in [7, 11) is 0. The molecular weight excluding hydrogens is 249 g/mol. The minimum absolute atomic E-state index is 0.142. The molecule has 0 unspecified atom stereocenters. The lowest BCUT2D eigenvalue weighted by molar-refractivity contribution is -0.384. The standard InChI is InChI=1S/C10H13ClFN3O2/c11-7-5-9(14-4-2-1-3-13)10(15(16)17)6-8(7)12/h5-6,14H,1-4,13H2. The van der Waals surface area contributed by atoms with E-state index in [4.69, 9.17) is 17.3 Å². The number of halogens is 2. The molecule has 0 aromatic heterocycles. The van der Waals surface area contributed by atoms with Crippen molar-refractivity contribution in [2.75, 3.05) is 18.4 Å². The monoisotopic (exact) mass is 261 g/mol. The summed E-state index contributed by atoms with van der Waals surface area (Å²) in [4.78, 5) is 10.1. The number of unbranched alkanes of at least 4 members (excludes halogenated alkanes) is 1. The van der Waals surface area contributed by atoms with Gasteiger partial charge in [-0.3, -0.25) is 10.1 Å². The van der Waals surface area contributed by atoms with Crippen molar-refractivity contribution in [1.29, 1.82) is 0 Å². The lowest BCUT2D eigenvalue weighted by Gasteiger charge is -2.07. The van der Waals surface area contributed by atoms with Crippen LogP contribution < -0.4 is 11.1 Å². The van der Waals surface area contributed by atoms with Crippen molar-refractivity contribution in [1.82, 2.24) is 0 Å². The third-order valence-electron chi connectivity index (χ3n) is 2.18. The number of anilines is 1. The molecule has 7 heteroatoms. The molecule has 3 N–H and O–H groups in total. The zero-order valence-electron chi connectivity index (χ0n) is 9.08. The van der Waals surface area contributed by atoms with Crippen LogP contribution in [0.1, 0.15) is 12.8 Å². The maximum Gasteiger partial charge on any atom is 0.295 e. The second-order valence-corrected chi connectivity index (χ2v) is 3.87. The summed E-state index contributed by atoms with van der Waals surface area (Å²) in [5, 5.41) is 13.4. The predicted octanol–water partition coefficient (Wildman–Crippen LogP) is 2.54. The Kier molecular flexibility index (Phi) is 5.11. The molecule has 0 aliphatic heterocycles. The quantitative estimate of drug-likeness (QED) is 0.468. The van der Waals surface area contributed by atoms with E-state index in [1.807, 2.05) is 0 Å². The first-order chi connectivity index (χ1) is 8.06. The van der Waals surface area contributed by atoms with Crippen molar-refractivity contribution in [2.45, 2.75) is 12.8 Å². The van der Waals surface area contributed by atoms with Gasteiger partial charge in [0.1, 0.15) is 11.5 Å². The Hall–Kier alpha value is -1.40. The lowest BCUT2D eigenvalue weighted by Crippen LogP contribution is -2.07. The maximum absolute atomic E-state index is 13.1.